The summed E-state index contributed by atoms with van der Waals surface area (Å²) in [5, 5.41) is 3.38. The lowest BCUT2D eigenvalue weighted by atomic mass is 9.91. The molecule has 4 heteroatoms. The van der Waals surface area contributed by atoms with Crippen LogP contribution in [0, 0.1) is 5.41 Å². The van der Waals surface area contributed by atoms with E-state index in [-0.39, 0.29) is 17.8 Å². The Kier molecular flexibility index (Phi) is 7.10. The molecule has 102 valence electrons. The second kappa shape index (κ2) is 7.22. The van der Waals surface area contributed by atoms with Crippen LogP contribution in [0.4, 0.5) is 0 Å². The Morgan fingerprint density at radius 3 is 2.53 bits per heavy atom. The lowest BCUT2D eigenvalue weighted by Gasteiger charge is -2.29. The molecule has 1 fully saturated rings. The number of carbonyl (C=O) groups is 1. The molecular weight excluding hydrogens is 236 g/mol. The van der Waals surface area contributed by atoms with Gasteiger partial charge in [-0.3, -0.25) is 4.79 Å². The standard InChI is InChI=1S/C13H26N2O.ClH/c1-13(2,3)10-12(16)15(4)11-6-5-8-14-9-7-11;/h11,14H,5-10H2,1-4H3;1H. The highest BCUT2D eigenvalue weighted by Gasteiger charge is 2.24. The van der Waals surface area contributed by atoms with Crippen molar-refractivity contribution in [3.63, 3.8) is 0 Å². The van der Waals surface area contributed by atoms with Crippen molar-refractivity contribution in [1.82, 2.24) is 10.2 Å². The topological polar surface area (TPSA) is 32.3 Å². The second-order valence-corrected chi connectivity index (χ2v) is 6.08. The second-order valence-electron chi connectivity index (χ2n) is 6.08. The zero-order valence-electron chi connectivity index (χ0n) is 11.6. The van der Waals surface area contributed by atoms with Gasteiger partial charge in [0.1, 0.15) is 0 Å². The lowest BCUT2D eigenvalue weighted by molar-refractivity contribution is -0.134. The van der Waals surface area contributed by atoms with E-state index in [1.807, 2.05) is 11.9 Å². The van der Waals surface area contributed by atoms with Gasteiger partial charge in [0.25, 0.3) is 0 Å². The molecule has 0 bridgehead atoms. The molecule has 1 unspecified atom stereocenters. The number of amides is 1. The van der Waals surface area contributed by atoms with Crippen LogP contribution in [-0.4, -0.2) is 37.0 Å². The summed E-state index contributed by atoms with van der Waals surface area (Å²) in [5.41, 5.74) is 0.0916. The SMILES string of the molecule is CN(C(=O)CC(C)(C)C)C1CCCNCC1.Cl. The van der Waals surface area contributed by atoms with Crippen molar-refractivity contribution >= 4 is 18.3 Å². The summed E-state index contributed by atoms with van der Waals surface area (Å²) in [6, 6.07) is 0.435. The van der Waals surface area contributed by atoms with E-state index in [0.29, 0.717) is 18.4 Å². The molecule has 0 aromatic carbocycles. The van der Waals surface area contributed by atoms with Crippen LogP contribution < -0.4 is 5.32 Å². The Labute approximate surface area is 112 Å². The van der Waals surface area contributed by atoms with Crippen molar-refractivity contribution < 1.29 is 4.79 Å². The van der Waals surface area contributed by atoms with Gasteiger partial charge in [-0.25, -0.2) is 0 Å². The summed E-state index contributed by atoms with van der Waals surface area (Å²) in [6.45, 7) is 8.49. The molecule has 1 amide bonds. The molecule has 0 aromatic rings. The van der Waals surface area contributed by atoms with Crippen molar-refractivity contribution in [2.24, 2.45) is 5.41 Å². The Hall–Kier alpha value is -0.280. The van der Waals surface area contributed by atoms with Gasteiger partial charge in [0, 0.05) is 19.5 Å². The molecule has 1 N–H and O–H groups in total. The van der Waals surface area contributed by atoms with Gasteiger partial charge in [-0.05, 0) is 37.8 Å². The molecule has 1 aliphatic heterocycles. The van der Waals surface area contributed by atoms with Crippen LogP contribution in [0.5, 0.6) is 0 Å². The van der Waals surface area contributed by atoms with Gasteiger partial charge in [-0.15, -0.1) is 12.4 Å². The maximum Gasteiger partial charge on any atom is 0.223 e. The van der Waals surface area contributed by atoms with Gasteiger partial charge in [0.15, 0.2) is 0 Å². The molecule has 1 heterocycles. The fourth-order valence-electron chi connectivity index (χ4n) is 2.17. The highest BCUT2D eigenvalue weighted by Crippen LogP contribution is 2.21. The number of rotatable bonds is 2. The first-order valence-electron chi connectivity index (χ1n) is 6.36. The van der Waals surface area contributed by atoms with Crippen LogP contribution in [-0.2, 0) is 4.79 Å². The van der Waals surface area contributed by atoms with Crippen LogP contribution in [0.15, 0.2) is 0 Å². The first-order valence-corrected chi connectivity index (χ1v) is 6.36. The third-order valence-electron chi connectivity index (χ3n) is 3.17. The highest BCUT2D eigenvalue weighted by atomic mass is 35.5. The van der Waals surface area contributed by atoms with Crippen LogP contribution in [0.25, 0.3) is 0 Å². The third-order valence-corrected chi connectivity index (χ3v) is 3.17. The molecule has 3 nitrogen and oxygen atoms in total. The number of hydrogen-bond donors (Lipinski definition) is 1. The Balaban J connectivity index is 0.00000256. The summed E-state index contributed by atoms with van der Waals surface area (Å²) < 4.78 is 0. The summed E-state index contributed by atoms with van der Waals surface area (Å²) in [7, 11) is 1.96. The predicted octanol–water partition coefficient (Wildman–Crippen LogP) is 2.44. The van der Waals surface area contributed by atoms with Crippen molar-refractivity contribution in [2.45, 2.75) is 52.5 Å². The van der Waals surface area contributed by atoms with Crippen molar-refractivity contribution in [1.29, 1.82) is 0 Å². The Bertz CT molecular complexity index is 230. The molecule has 0 spiro atoms. The zero-order chi connectivity index (χ0) is 12.2. The van der Waals surface area contributed by atoms with E-state index >= 15 is 0 Å². The molecule has 1 atom stereocenters. The van der Waals surface area contributed by atoms with Crippen molar-refractivity contribution in [2.75, 3.05) is 20.1 Å². The van der Waals surface area contributed by atoms with Gasteiger partial charge in [-0.2, -0.15) is 0 Å². The maximum absolute atomic E-state index is 12.1. The minimum absolute atomic E-state index is 0. The monoisotopic (exact) mass is 262 g/mol. The fraction of sp³-hybridized carbons (Fsp3) is 0.923. The Morgan fingerprint density at radius 2 is 1.94 bits per heavy atom. The van der Waals surface area contributed by atoms with Crippen LogP contribution in [0.1, 0.15) is 46.5 Å². The van der Waals surface area contributed by atoms with Crippen LogP contribution >= 0.6 is 12.4 Å². The molecule has 1 aliphatic rings. The average Bonchev–Trinajstić information content (AvgIpc) is 2.41. The molecule has 0 aromatic heterocycles. The molecule has 17 heavy (non-hydrogen) atoms. The van der Waals surface area contributed by atoms with Gasteiger partial charge in [0.2, 0.25) is 5.91 Å². The van der Waals surface area contributed by atoms with E-state index < -0.39 is 0 Å². The molecule has 0 aliphatic carbocycles. The summed E-state index contributed by atoms with van der Waals surface area (Å²) >= 11 is 0. The smallest absolute Gasteiger partial charge is 0.223 e. The number of nitrogens with one attached hydrogen (secondary N) is 1. The minimum Gasteiger partial charge on any atom is -0.343 e. The first kappa shape index (κ1) is 16.7. The van der Waals surface area contributed by atoms with E-state index in [0.717, 1.165) is 25.9 Å². The summed E-state index contributed by atoms with van der Waals surface area (Å²) in [5.74, 6) is 0.291. The van der Waals surface area contributed by atoms with Crippen molar-refractivity contribution in [3.8, 4) is 0 Å². The molecule has 1 saturated heterocycles. The van der Waals surface area contributed by atoms with E-state index in [4.69, 9.17) is 0 Å². The largest absolute Gasteiger partial charge is 0.343 e. The van der Waals surface area contributed by atoms with E-state index in [9.17, 15) is 4.79 Å². The number of halogens is 1. The van der Waals surface area contributed by atoms with Gasteiger partial charge in [-0.1, -0.05) is 20.8 Å². The third kappa shape index (κ3) is 6.27. The number of nitrogens with zero attached hydrogens (tertiary/aromatic N) is 1. The van der Waals surface area contributed by atoms with E-state index in [2.05, 4.69) is 26.1 Å². The van der Waals surface area contributed by atoms with Crippen LogP contribution in [0.3, 0.4) is 0 Å². The molecule has 0 radical (unpaired) electrons. The zero-order valence-corrected chi connectivity index (χ0v) is 12.4. The fourth-order valence-corrected chi connectivity index (χ4v) is 2.17. The quantitative estimate of drug-likeness (QED) is 0.829. The van der Waals surface area contributed by atoms with Gasteiger partial charge >= 0.3 is 0 Å². The lowest BCUT2D eigenvalue weighted by Crippen LogP contribution is -2.39. The molecule has 1 rings (SSSR count). The summed E-state index contributed by atoms with van der Waals surface area (Å²) in [4.78, 5) is 14.0. The maximum atomic E-state index is 12.1. The number of hydrogen-bond acceptors (Lipinski definition) is 2. The van der Waals surface area contributed by atoms with E-state index in [1.165, 1.54) is 6.42 Å². The normalized spacial score (nSPS) is 21.3. The predicted molar refractivity (Wildman–Crippen MR) is 74.6 cm³/mol. The number of carbonyl (C=O) groups excluding carboxylic acids is 1. The molecule has 0 saturated carbocycles. The van der Waals surface area contributed by atoms with Crippen LogP contribution in [0.2, 0.25) is 0 Å². The minimum atomic E-state index is 0. The first-order chi connectivity index (χ1) is 7.40. The average molecular weight is 263 g/mol. The highest BCUT2D eigenvalue weighted by molar-refractivity contribution is 5.85. The molecular formula is C13H27ClN2O. The van der Waals surface area contributed by atoms with Crippen molar-refractivity contribution in [3.05, 3.63) is 0 Å². The summed E-state index contributed by atoms with van der Waals surface area (Å²) in [6.07, 6.45) is 4.05. The van der Waals surface area contributed by atoms with E-state index in [1.54, 1.807) is 0 Å². The Morgan fingerprint density at radius 1 is 1.29 bits per heavy atom. The van der Waals surface area contributed by atoms with Gasteiger partial charge < -0.3 is 10.2 Å². The van der Waals surface area contributed by atoms with Gasteiger partial charge in [0.05, 0.1) is 0 Å².